The molecule has 0 aromatic rings. The first-order valence-electron chi connectivity index (χ1n) is 9.08. The van der Waals surface area contributed by atoms with E-state index in [0.717, 1.165) is 31.8 Å². The van der Waals surface area contributed by atoms with Crippen molar-refractivity contribution in [2.45, 2.75) is 65.7 Å². The Bertz CT molecular complexity index is 326. The van der Waals surface area contributed by atoms with Crippen molar-refractivity contribution >= 4 is 5.91 Å². The molecular formula is C18H34N2O. The van der Waals surface area contributed by atoms with Crippen molar-refractivity contribution < 1.29 is 4.79 Å². The summed E-state index contributed by atoms with van der Waals surface area (Å²) < 4.78 is 0. The van der Waals surface area contributed by atoms with Crippen LogP contribution in [0.2, 0.25) is 0 Å². The monoisotopic (exact) mass is 294 g/mol. The highest BCUT2D eigenvalue weighted by Crippen LogP contribution is 2.40. The fourth-order valence-corrected chi connectivity index (χ4v) is 4.02. The first kappa shape index (κ1) is 16.8. The number of carbonyl (C=O) groups is 1. The van der Waals surface area contributed by atoms with Crippen molar-refractivity contribution in [3.8, 4) is 0 Å². The number of piperidine rings is 1. The van der Waals surface area contributed by atoms with Crippen molar-refractivity contribution in [1.82, 2.24) is 9.80 Å². The van der Waals surface area contributed by atoms with Crippen molar-refractivity contribution in [3.63, 3.8) is 0 Å². The SMILES string of the molecule is CCCC(=O)N1CCC2(CC1)CN(CCC(C)CCC)C2. The average molecular weight is 294 g/mol. The Morgan fingerprint density at radius 3 is 2.33 bits per heavy atom. The van der Waals surface area contributed by atoms with Gasteiger partial charge in [0, 0.05) is 32.6 Å². The molecule has 2 heterocycles. The lowest BCUT2D eigenvalue weighted by molar-refractivity contribution is -0.136. The molecule has 2 saturated heterocycles. The summed E-state index contributed by atoms with van der Waals surface area (Å²) in [6.45, 7) is 12.6. The van der Waals surface area contributed by atoms with E-state index in [-0.39, 0.29) is 0 Å². The average Bonchev–Trinajstić information content (AvgIpc) is 2.44. The van der Waals surface area contributed by atoms with E-state index in [1.165, 1.54) is 51.7 Å². The Kier molecular flexibility index (Phi) is 6.09. The van der Waals surface area contributed by atoms with Crippen LogP contribution in [0.15, 0.2) is 0 Å². The number of rotatable bonds is 7. The zero-order valence-corrected chi connectivity index (χ0v) is 14.4. The van der Waals surface area contributed by atoms with Crippen LogP contribution < -0.4 is 0 Å². The minimum absolute atomic E-state index is 0.372. The fraction of sp³-hybridized carbons (Fsp3) is 0.944. The quantitative estimate of drug-likeness (QED) is 0.717. The third-order valence-electron chi connectivity index (χ3n) is 5.48. The summed E-state index contributed by atoms with van der Waals surface area (Å²) in [5.41, 5.74) is 0.553. The summed E-state index contributed by atoms with van der Waals surface area (Å²) in [5, 5.41) is 0. The predicted molar refractivity (Wildman–Crippen MR) is 88.3 cm³/mol. The summed E-state index contributed by atoms with van der Waals surface area (Å²) in [5.74, 6) is 1.25. The second-order valence-electron chi connectivity index (χ2n) is 7.52. The van der Waals surface area contributed by atoms with Crippen molar-refractivity contribution in [1.29, 1.82) is 0 Å². The lowest BCUT2D eigenvalue weighted by atomic mass is 9.72. The zero-order chi connectivity index (χ0) is 15.3. The van der Waals surface area contributed by atoms with Gasteiger partial charge >= 0.3 is 0 Å². The van der Waals surface area contributed by atoms with Crippen LogP contribution in [0, 0.1) is 11.3 Å². The molecule has 0 aromatic carbocycles. The minimum atomic E-state index is 0.372. The molecule has 0 radical (unpaired) electrons. The van der Waals surface area contributed by atoms with Crippen LogP contribution in [0.5, 0.6) is 0 Å². The van der Waals surface area contributed by atoms with Gasteiger partial charge in [-0.25, -0.2) is 0 Å². The third-order valence-corrected chi connectivity index (χ3v) is 5.48. The van der Waals surface area contributed by atoms with Gasteiger partial charge in [-0.2, -0.15) is 0 Å². The molecule has 2 aliphatic heterocycles. The summed E-state index contributed by atoms with van der Waals surface area (Å²) in [4.78, 5) is 16.7. The molecule has 0 N–H and O–H groups in total. The number of amides is 1. The van der Waals surface area contributed by atoms with Crippen LogP contribution in [-0.4, -0.2) is 48.4 Å². The third kappa shape index (κ3) is 4.45. The standard InChI is InChI=1S/C18H34N2O/c1-4-6-16(3)8-11-19-14-18(15-19)9-12-20(13-10-18)17(21)7-5-2/h16H,4-15H2,1-3H3. The zero-order valence-electron chi connectivity index (χ0n) is 14.4. The van der Waals surface area contributed by atoms with E-state index in [4.69, 9.17) is 0 Å². The van der Waals surface area contributed by atoms with Crippen LogP contribution >= 0.6 is 0 Å². The van der Waals surface area contributed by atoms with E-state index >= 15 is 0 Å². The molecule has 0 aromatic heterocycles. The minimum Gasteiger partial charge on any atom is -0.343 e. The van der Waals surface area contributed by atoms with Gasteiger partial charge < -0.3 is 9.80 Å². The molecule has 2 rings (SSSR count). The van der Waals surface area contributed by atoms with Crippen LogP contribution in [0.1, 0.15) is 65.7 Å². The maximum Gasteiger partial charge on any atom is 0.222 e. The molecule has 1 amide bonds. The van der Waals surface area contributed by atoms with Gasteiger partial charge in [0.1, 0.15) is 0 Å². The molecular weight excluding hydrogens is 260 g/mol. The highest BCUT2D eigenvalue weighted by atomic mass is 16.2. The predicted octanol–water partition coefficient (Wildman–Crippen LogP) is 3.54. The molecule has 0 saturated carbocycles. The van der Waals surface area contributed by atoms with E-state index < -0.39 is 0 Å². The molecule has 122 valence electrons. The van der Waals surface area contributed by atoms with Gasteiger partial charge in [-0.05, 0) is 43.6 Å². The Hall–Kier alpha value is -0.570. The van der Waals surface area contributed by atoms with Crippen LogP contribution in [0.4, 0.5) is 0 Å². The van der Waals surface area contributed by atoms with Crippen molar-refractivity contribution in [2.75, 3.05) is 32.7 Å². The topological polar surface area (TPSA) is 23.6 Å². The number of hydrogen-bond donors (Lipinski definition) is 0. The Balaban J connectivity index is 1.64. The lowest BCUT2D eigenvalue weighted by Crippen LogP contribution is -2.60. The van der Waals surface area contributed by atoms with Gasteiger partial charge in [0.05, 0.1) is 0 Å². The Morgan fingerprint density at radius 2 is 1.76 bits per heavy atom. The van der Waals surface area contributed by atoms with Crippen LogP contribution in [0.25, 0.3) is 0 Å². The molecule has 0 aliphatic carbocycles. The second-order valence-corrected chi connectivity index (χ2v) is 7.52. The Morgan fingerprint density at radius 1 is 1.10 bits per heavy atom. The van der Waals surface area contributed by atoms with Gasteiger partial charge in [-0.3, -0.25) is 4.79 Å². The molecule has 3 nitrogen and oxygen atoms in total. The molecule has 2 aliphatic rings. The molecule has 2 fully saturated rings. The largest absolute Gasteiger partial charge is 0.343 e. The van der Waals surface area contributed by atoms with Gasteiger partial charge in [0.25, 0.3) is 0 Å². The van der Waals surface area contributed by atoms with Crippen molar-refractivity contribution in [3.05, 3.63) is 0 Å². The number of nitrogens with zero attached hydrogens (tertiary/aromatic N) is 2. The van der Waals surface area contributed by atoms with Gasteiger partial charge in [0.2, 0.25) is 5.91 Å². The van der Waals surface area contributed by atoms with Crippen LogP contribution in [-0.2, 0) is 4.79 Å². The summed E-state index contributed by atoms with van der Waals surface area (Å²) >= 11 is 0. The smallest absolute Gasteiger partial charge is 0.222 e. The number of carbonyl (C=O) groups excluding carboxylic acids is 1. The van der Waals surface area contributed by atoms with E-state index in [0.29, 0.717) is 11.3 Å². The maximum atomic E-state index is 11.9. The molecule has 3 heteroatoms. The van der Waals surface area contributed by atoms with E-state index in [9.17, 15) is 4.79 Å². The second kappa shape index (κ2) is 7.62. The Labute approximate surface area is 131 Å². The maximum absolute atomic E-state index is 11.9. The van der Waals surface area contributed by atoms with Gasteiger partial charge in [-0.1, -0.05) is 33.6 Å². The first-order chi connectivity index (χ1) is 10.1. The fourth-order valence-electron chi connectivity index (χ4n) is 4.02. The van der Waals surface area contributed by atoms with Crippen LogP contribution in [0.3, 0.4) is 0 Å². The van der Waals surface area contributed by atoms with E-state index in [2.05, 4.69) is 30.6 Å². The molecule has 1 unspecified atom stereocenters. The summed E-state index contributed by atoms with van der Waals surface area (Å²) in [6.07, 6.45) is 8.19. The summed E-state index contributed by atoms with van der Waals surface area (Å²) in [6, 6.07) is 0. The molecule has 0 bridgehead atoms. The van der Waals surface area contributed by atoms with Crippen molar-refractivity contribution in [2.24, 2.45) is 11.3 Å². The summed E-state index contributed by atoms with van der Waals surface area (Å²) in [7, 11) is 0. The molecule has 1 spiro atoms. The van der Waals surface area contributed by atoms with Gasteiger partial charge in [0.15, 0.2) is 0 Å². The molecule has 21 heavy (non-hydrogen) atoms. The first-order valence-corrected chi connectivity index (χ1v) is 9.08. The number of hydrogen-bond acceptors (Lipinski definition) is 2. The number of likely N-dealkylation sites (tertiary alicyclic amines) is 2. The van der Waals surface area contributed by atoms with E-state index in [1.54, 1.807) is 0 Å². The lowest BCUT2D eigenvalue weighted by Gasteiger charge is -2.54. The molecule has 1 atom stereocenters. The van der Waals surface area contributed by atoms with E-state index in [1.807, 2.05) is 0 Å². The normalized spacial score (nSPS) is 23.1. The highest BCUT2D eigenvalue weighted by Gasteiger charge is 2.44. The van der Waals surface area contributed by atoms with Gasteiger partial charge in [-0.15, -0.1) is 0 Å². The highest BCUT2D eigenvalue weighted by molar-refractivity contribution is 5.76.